The average Bonchev–Trinajstić information content (AvgIpc) is 3.14. The number of tetrazole rings is 1. The first-order chi connectivity index (χ1) is 13.5. The predicted octanol–water partition coefficient (Wildman–Crippen LogP) is 2.54. The van der Waals surface area contributed by atoms with E-state index in [4.69, 9.17) is 0 Å². The Balaban J connectivity index is 1.46. The third-order valence-electron chi connectivity index (χ3n) is 5.24. The van der Waals surface area contributed by atoms with Gasteiger partial charge in [-0.25, -0.2) is 0 Å². The van der Waals surface area contributed by atoms with Crippen molar-refractivity contribution in [1.82, 2.24) is 25.1 Å². The summed E-state index contributed by atoms with van der Waals surface area (Å²) in [6.07, 6.45) is 0. The van der Waals surface area contributed by atoms with E-state index in [9.17, 15) is 4.79 Å². The Bertz CT molecular complexity index is 981. The van der Waals surface area contributed by atoms with Gasteiger partial charge in [-0.05, 0) is 42.8 Å². The normalized spacial score (nSPS) is 17.0. The lowest BCUT2D eigenvalue weighted by atomic mass is 10.1. The molecule has 144 valence electrons. The molecule has 0 radical (unpaired) electrons. The summed E-state index contributed by atoms with van der Waals surface area (Å²) in [5.74, 6) is 0.623. The summed E-state index contributed by atoms with van der Waals surface area (Å²) >= 11 is 0. The highest BCUT2D eigenvalue weighted by Crippen LogP contribution is 2.24. The molecule has 28 heavy (non-hydrogen) atoms. The van der Waals surface area contributed by atoms with E-state index >= 15 is 0 Å². The minimum atomic E-state index is 0.0654. The van der Waals surface area contributed by atoms with Crippen molar-refractivity contribution in [3.05, 3.63) is 59.7 Å². The molecular weight excluding hydrogens is 352 g/mol. The van der Waals surface area contributed by atoms with Gasteiger partial charge in [0.2, 0.25) is 5.82 Å². The fourth-order valence-corrected chi connectivity index (χ4v) is 3.72. The molecule has 0 N–H and O–H groups in total. The highest BCUT2D eigenvalue weighted by Gasteiger charge is 2.28. The number of aryl methyl sites for hydroxylation is 2. The van der Waals surface area contributed by atoms with E-state index in [-0.39, 0.29) is 11.9 Å². The number of anilines is 1. The SMILES string of the molecule is Cc1ccccc1N1CCN(C(=O)c2ccc(-c3nnn(C)n3)cc2)C(C)C1. The van der Waals surface area contributed by atoms with E-state index in [0.717, 1.165) is 18.7 Å². The smallest absolute Gasteiger partial charge is 0.254 e. The van der Waals surface area contributed by atoms with Crippen LogP contribution in [0.5, 0.6) is 0 Å². The highest BCUT2D eigenvalue weighted by atomic mass is 16.2. The van der Waals surface area contributed by atoms with Gasteiger partial charge < -0.3 is 9.80 Å². The second kappa shape index (κ2) is 7.42. The number of piperazine rings is 1. The third-order valence-corrected chi connectivity index (χ3v) is 5.24. The summed E-state index contributed by atoms with van der Waals surface area (Å²) in [5.41, 5.74) is 4.05. The molecule has 0 aliphatic carbocycles. The topological polar surface area (TPSA) is 67.2 Å². The quantitative estimate of drug-likeness (QED) is 0.703. The molecule has 1 aliphatic rings. The lowest BCUT2D eigenvalue weighted by molar-refractivity contribution is 0.0674. The molecule has 7 nitrogen and oxygen atoms in total. The number of benzene rings is 2. The van der Waals surface area contributed by atoms with Crippen LogP contribution in [0, 0.1) is 6.92 Å². The zero-order valence-electron chi connectivity index (χ0n) is 16.4. The molecule has 1 saturated heterocycles. The van der Waals surface area contributed by atoms with Gasteiger partial charge >= 0.3 is 0 Å². The standard InChI is InChI=1S/C21H24N6O/c1-15-6-4-5-7-19(15)26-12-13-27(16(2)14-26)21(28)18-10-8-17(9-11-18)20-22-24-25(3)23-20/h4-11,16H,12-14H2,1-3H3. The van der Waals surface area contributed by atoms with Crippen LogP contribution in [0.15, 0.2) is 48.5 Å². The number of aromatic nitrogens is 4. The summed E-state index contributed by atoms with van der Waals surface area (Å²) in [6, 6.07) is 16.0. The predicted molar refractivity (Wildman–Crippen MR) is 108 cm³/mol. The molecule has 1 unspecified atom stereocenters. The Labute approximate surface area is 164 Å². The molecule has 2 aromatic carbocycles. The first-order valence-electron chi connectivity index (χ1n) is 9.49. The number of hydrogen-bond acceptors (Lipinski definition) is 5. The van der Waals surface area contributed by atoms with Gasteiger partial charge in [0.1, 0.15) is 0 Å². The Morgan fingerprint density at radius 1 is 1.07 bits per heavy atom. The van der Waals surface area contributed by atoms with Gasteiger partial charge in [-0.15, -0.1) is 10.2 Å². The minimum Gasteiger partial charge on any atom is -0.367 e. The van der Waals surface area contributed by atoms with Crippen LogP contribution in [0.3, 0.4) is 0 Å². The average molecular weight is 376 g/mol. The number of carbonyl (C=O) groups excluding carboxylic acids is 1. The van der Waals surface area contributed by atoms with Crippen LogP contribution in [-0.2, 0) is 7.05 Å². The number of carbonyl (C=O) groups is 1. The van der Waals surface area contributed by atoms with E-state index in [1.807, 2.05) is 29.2 Å². The van der Waals surface area contributed by atoms with Crippen LogP contribution in [0.4, 0.5) is 5.69 Å². The maximum Gasteiger partial charge on any atom is 0.254 e. The Morgan fingerprint density at radius 3 is 2.46 bits per heavy atom. The molecule has 4 rings (SSSR count). The van der Waals surface area contributed by atoms with Crippen molar-refractivity contribution in [1.29, 1.82) is 0 Å². The minimum absolute atomic E-state index is 0.0654. The second-order valence-corrected chi connectivity index (χ2v) is 7.26. The molecule has 0 spiro atoms. The monoisotopic (exact) mass is 376 g/mol. The summed E-state index contributed by atoms with van der Waals surface area (Å²) in [7, 11) is 1.73. The highest BCUT2D eigenvalue weighted by molar-refractivity contribution is 5.95. The third kappa shape index (κ3) is 3.47. The van der Waals surface area contributed by atoms with Crippen molar-refractivity contribution < 1.29 is 4.79 Å². The van der Waals surface area contributed by atoms with E-state index < -0.39 is 0 Å². The zero-order valence-corrected chi connectivity index (χ0v) is 16.4. The van der Waals surface area contributed by atoms with Gasteiger partial charge in [-0.2, -0.15) is 4.80 Å². The molecular formula is C21H24N6O. The molecule has 1 atom stereocenters. The Kier molecular flexibility index (Phi) is 4.81. The number of amides is 1. The van der Waals surface area contributed by atoms with Gasteiger partial charge in [0.05, 0.1) is 7.05 Å². The van der Waals surface area contributed by atoms with Crippen LogP contribution in [-0.4, -0.2) is 56.7 Å². The maximum atomic E-state index is 13.0. The van der Waals surface area contributed by atoms with Crippen LogP contribution < -0.4 is 4.90 Å². The van der Waals surface area contributed by atoms with Crippen LogP contribution in [0.1, 0.15) is 22.8 Å². The van der Waals surface area contributed by atoms with Crippen molar-refractivity contribution in [3.63, 3.8) is 0 Å². The summed E-state index contributed by atoms with van der Waals surface area (Å²) in [4.78, 5) is 18.8. The molecule has 1 aliphatic heterocycles. The molecule has 0 saturated carbocycles. The fraction of sp³-hybridized carbons (Fsp3) is 0.333. The van der Waals surface area contributed by atoms with E-state index in [0.29, 0.717) is 17.9 Å². The first kappa shape index (κ1) is 18.2. The maximum absolute atomic E-state index is 13.0. The Morgan fingerprint density at radius 2 is 1.82 bits per heavy atom. The van der Waals surface area contributed by atoms with Crippen molar-refractivity contribution in [2.45, 2.75) is 19.9 Å². The lowest BCUT2D eigenvalue weighted by Crippen LogP contribution is -2.54. The number of rotatable bonds is 3. The van der Waals surface area contributed by atoms with Gasteiger partial charge in [0.25, 0.3) is 5.91 Å². The van der Waals surface area contributed by atoms with Gasteiger partial charge in [-0.3, -0.25) is 4.79 Å². The summed E-state index contributed by atoms with van der Waals surface area (Å²) in [6.45, 7) is 6.62. The number of nitrogens with zero attached hydrogens (tertiary/aromatic N) is 6. The van der Waals surface area contributed by atoms with Crippen LogP contribution in [0.2, 0.25) is 0 Å². The first-order valence-corrected chi connectivity index (χ1v) is 9.49. The molecule has 2 heterocycles. The second-order valence-electron chi connectivity index (χ2n) is 7.26. The number of hydrogen-bond donors (Lipinski definition) is 0. The molecule has 1 amide bonds. The van der Waals surface area contributed by atoms with Crippen molar-refractivity contribution >= 4 is 11.6 Å². The molecule has 7 heteroatoms. The van der Waals surface area contributed by atoms with E-state index in [1.165, 1.54) is 16.0 Å². The van der Waals surface area contributed by atoms with E-state index in [1.54, 1.807) is 7.05 Å². The lowest BCUT2D eigenvalue weighted by Gasteiger charge is -2.41. The number of para-hydroxylation sites is 1. The van der Waals surface area contributed by atoms with Gasteiger partial charge in [0.15, 0.2) is 0 Å². The largest absolute Gasteiger partial charge is 0.367 e. The molecule has 3 aromatic rings. The summed E-state index contributed by atoms with van der Waals surface area (Å²) in [5, 5.41) is 12.1. The molecule has 1 fully saturated rings. The summed E-state index contributed by atoms with van der Waals surface area (Å²) < 4.78 is 0. The van der Waals surface area contributed by atoms with Gasteiger partial charge in [-0.1, -0.05) is 30.3 Å². The Hall–Kier alpha value is -3.22. The fourth-order valence-electron chi connectivity index (χ4n) is 3.72. The zero-order chi connectivity index (χ0) is 19.7. The molecule has 0 bridgehead atoms. The van der Waals surface area contributed by atoms with Crippen LogP contribution in [0.25, 0.3) is 11.4 Å². The van der Waals surface area contributed by atoms with Crippen molar-refractivity contribution in [2.75, 3.05) is 24.5 Å². The van der Waals surface area contributed by atoms with Gasteiger partial charge in [0, 0.05) is 42.5 Å². The van der Waals surface area contributed by atoms with Crippen molar-refractivity contribution in [2.24, 2.45) is 7.05 Å². The van der Waals surface area contributed by atoms with Crippen molar-refractivity contribution in [3.8, 4) is 11.4 Å². The molecule has 1 aromatic heterocycles. The van der Waals surface area contributed by atoms with E-state index in [2.05, 4.69) is 58.4 Å². The van der Waals surface area contributed by atoms with Crippen LogP contribution >= 0.6 is 0 Å².